The van der Waals surface area contributed by atoms with Gasteiger partial charge in [-0.3, -0.25) is 9.59 Å². The normalized spacial score (nSPS) is 12.6. The van der Waals surface area contributed by atoms with Crippen LogP contribution in [0.4, 0.5) is 0 Å². The molecule has 0 N–H and O–H groups in total. The molecule has 0 saturated carbocycles. The van der Waals surface area contributed by atoms with Crippen molar-refractivity contribution in [2.24, 2.45) is 0 Å². The molecule has 0 aromatic rings. The van der Waals surface area contributed by atoms with E-state index in [1.54, 1.807) is 0 Å². The molecule has 1 unspecified atom stereocenters. The first kappa shape index (κ1) is 53.9. The van der Waals surface area contributed by atoms with Gasteiger partial charge in [0.15, 0.2) is 6.10 Å². The maximum Gasteiger partial charge on any atom is 0.306 e. The molecule has 0 radical (unpaired) electrons. The molecule has 5 nitrogen and oxygen atoms in total. The number of rotatable bonds is 44. The van der Waals surface area contributed by atoms with Crippen LogP contribution < -0.4 is 0 Å². The van der Waals surface area contributed by atoms with Gasteiger partial charge in [-0.1, -0.05) is 198 Å². The first-order valence-corrected chi connectivity index (χ1v) is 24.2. The lowest BCUT2D eigenvalue weighted by molar-refractivity contribution is -0.163. The zero-order valence-electron chi connectivity index (χ0n) is 37.4. The lowest BCUT2D eigenvalue weighted by Gasteiger charge is -2.18. The van der Waals surface area contributed by atoms with Gasteiger partial charge in [0.05, 0.1) is 6.61 Å². The van der Waals surface area contributed by atoms with E-state index in [4.69, 9.17) is 14.2 Å². The second-order valence-corrected chi connectivity index (χ2v) is 16.0. The van der Waals surface area contributed by atoms with E-state index in [1.807, 2.05) is 0 Å². The summed E-state index contributed by atoms with van der Waals surface area (Å²) < 4.78 is 17.3. The Labute approximate surface area is 348 Å². The Morgan fingerprint density at radius 3 is 1.34 bits per heavy atom. The second kappa shape index (κ2) is 47.2. The van der Waals surface area contributed by atoms with Gasteiger partial charge < -0.3 is 14.2 Å². The molecule has 0 aliphatic rings. The monoisotopic (exact) mass is 785 g/mol. The Kier molecular flexibility index (Phi) is 45.4. The predicted octanol–water partition coefficient (Wildman–Crippen LogP) is 16.0. The van der Waals surface area contributed by atoms with Crippen molar-refractivity contribution >= 4 is 11.9 Å². The molecule has 0 amide bonds. The van der Waals surface area contributed by atoms with E-state index in [2.05, 4.69) is 69.4 Å². The average Bonchev–Trinajstić information content (AvgIpc) is 3.20. The van der Waals surface area contributed by atoms with E-state index in [-0.39, 0.29) is 25.2 Å². The van der Waals surface area contributed by atoms with Crippen molar-refractivity contribution in [3.63, 3.8) is 0 Å². The predicted molar refractivity (Wildman–Crippen MR) is 242 cm³/mol. The average molecular weight is 785 g/mol. The molecule has 0 aliphatic heterocycles. The van der Waals surface area contributed by atoms with Gasteiger partial charge in [-0.25, -0.2) is 0 Å². The highest BCUT2D eigenvalue weighted by Crippen LogP contribution is 2.14. The second-order valence-electron chi connectivity index (χ2n) is 16.0. The first-order valence-electron chi connectivity index (χ1n) is 24.2. The number of carbonyl (C=O) groups is 2. The fraction of sp³-hybridized carbons (Fsp3) is 0.804. The molecule has 0 aromatic carbocycles. The highest BCUT2D eigenvalue weighted by atomic mass is 16.6. The van der Waals surface area contributed by atoms with E-state index < -0.39 is 6.10 Å². The summed E-state index contributed by atoms with van der Waals surface area (Å²) in [6.07, 6.45) is 56.8. The summed E-state index contributed by atoms with van der Waals surface area (Å²) in [5.74, 6) is -0.427. The van der Waals surface area contributed by atoms with Crippen LogP contribution in [0, 0.1) is 0 Å². The summed E-state index contributed by atoms with van der Waals surface area (Å²) in [6.45, 7) is 7.68. The zero-order chi connectivity index (χ0) is 40.7. The molecule has 0 fully saturated rings. The topological polar surface area (TPSA) is 61.8 Å². The van der Waals surface area contributed by atoms with Crippen LogP contribution >= 0.6 is 0 Å². The first-order chi connectivity index (χ1) is 27.6. The van der Waals surface area contributed by atoms with Gasteiger partial charge in [0, 0.05) is 19.4 Å². The zero-order valence-corrected chi connectivity index (χ0v) is 37.4. The molecular formula is C51H92O5. The Bertz CT molecular complexity index is 935. The van der Waals surface area contributed by atoms with Gasteiger partial charge in [0.2, 0.25) is 0 Å². The molecule has 0 heterocycles. The summed E-state index contributed by atoms with van der Waals surface area (Å²) in [7, 11) is 0. The van der Waals surface area contributed by atoms with Crippen molar-refractivity contribution in [3.05, 3.63) is 48.6 Å². The molecule has 1 atom stereocenters. The van der Waals surface area contributed by atoms with Crippen LogP contribution in [0.5, 0.6) is 0 Å². The quantitative estimate of drug-likeness (QED) is 0.0350. The Hall–Kier alpha value is -2.14. The maximum absolute atomic E-state index is 12.7. The van der Waals surface area contributed by atoms with E-state index in [1.165, 1.54) is 135 Å². The van der Waals surface area contributed by atoms with Gasteiger partial charge in [-0.15, -0.1) is 0 Å². The number of hydrogen-bond acceptors (Lipinski definition) is 5. The number of allylic oxidation sites excluding steroid dienone is 8. The summed E-state index contributed by atoms with van der Waals surface area (Å²) in [5, 5.41) is 0. The van der Waals surface area contributed by atoms with Gasteiger partial charge in [-0.05, 0) is 77.0 Å². The minimum atomic E-state index is -0.546. The molecule has 0 rings (SSSR count). The van der Waals surface area contributed by atoms with E-state index in [9.17, 15) is 9.59 Å². The van der Waals surface area contributed by atoms with Gasteiger partial charge >= 0.3 is 11.9 Å². The number of unbranched alkanes of at least 4 members (excludes halogenated alkanes) is 25. The molecule has 0 bridgehead atoms. The third kappa shape index (κ3) is 44.6. The van der Waals surface area contributed by atoms with Crippen LogP contribution in [0.15, 0.2) is 48.6 Å². The molecule has 326 valence electrons. The SMILES string of the molecule is CC/C=C\C/C=C\C/C=C\CCCCCC(=O)OCC(COCCCCCCCC/C=C\CCCCCC)OC(=O)CCCCCCCCCCCCCCC. The minimum absolute atomic E-state index is 0.0703. The maximum atomic E-state index is 12.7. The Balaban J connectivity index is 4.30. The molecule has 0 aromatic heterocycles. The van der Waals surface area contributed by atoms with E-state index in [0.717, 1.165) is 70.6 Å². The summed E-state index contributed by atoms with van der Waals surface area (Å²) in [4.78, 5) is 25.3. The Morgan fingerprint density at radius 2 is 0.804 bits per heavy atom. The third-order valence-electron chi connectivity index (χ3n) is 10.3. The number of hydrogen-bond donors (Lipinski definition) is 0. The molecule has 0 aliphatic carbocycles. The molecule has 5 heteroatoms. The van der Waals surface area contributed by atoms with Crippen molar-refractivity contribution in [3.8, 4) is 0 Å². The highest BCUT2D eigenvalue weighted by molar-refractivity contribution is 5.70. The van der Waals surface area contributed by atoms with Gasteiger partial charge in [-0.2, -0.15) is 0 Å². The van der Waals surface area contributed by atoms with Crippen LogP contribution in [-0.4, -0.2) is 37.9 Å². The van der Waals surface area contributed by atoms with Gasteiger partial charge in [0.1, 0.15) is 6.61 Å². The molecule has 56 heavy (non-hydrogen) atoms. The van der Waals surface area contributed by atoms with E-state index >= 15 is 0 Å². The number of carbonyl (C=O) groups excluding carboxylic acids is 2. The minimum Gasteiger partial charge on any atom is -0.462 e. The van der Waals surface area contributed by atoms with Crippen molar-refractivity contribution in [2.45, 2.75) is 245 Å². The van der Waals surface area contributed by atoms with Crippen LogP contribution in [0.1, 0.15) is 239 Å². The lowest BCUT2D eigenvalue weighted by Crippen LogP contribution is -2.30. The van der Waals surface area contributed by atoms with Crippen molar-refractivity contribution in [1.82, 2.24) is 0 Å². The van der Waals surface area contributed by atoms with Crippen LogP contribution in [0.25, 0.3) is 0 Å². The largest absolute Gasteiger partial charge is 0.462 e. The molecule has 0 spiro atoms. The molecule has 0 saturated heterocycles. The fourth-order valence-corrected chi connectivity index (χ4v) is 6.75. The summed E-state index contributed by atoms with van der Waals surface area (Å²) in [6, 6.07) is 0. The smallest absolute Gasteiger partial charge is 0.306 e. The number of ether oxygens (including phenoxy) is 3. The van der Waals surface area contributed by atoms with Crippen molar-refractivity contribution in [1.29, 1.82) is 0 Å². The number of esters is 2. The summed E-state index contributed by atoms with van der Waals surface area (Å²) in [5.41, 5.74) is 0. The Morgan fingerprint density at radius 1 is 0.411 bits per heavy atom. The lowest BCUT2D eigenvalue weighted by atomic mass is 10.0. The fourth-order valence-electron chi connectivity index (χ4n) is 6.75. The summed E-state index contributed by atoms with van der Waals surface area (Å²) >= 11 is 0. The van der Waals surface area contributed by atoms with Crippen LogP contribution in [0.2, 0.25) is 0 Å². The van der Waals surface area contributed by atoms with Crippen LogP contribution in [0.3, 0.4) is 0 Å². The highest BCUT2D eigenvalue weighted by Gasteiger charge is 2.17. The third-order valence-corrected chi connectivity index (χ3v) is 10.3. The van der Waals surface area contributed by atoms with Crippen LogP contribution in [-0.2, 0) is 23.8 Å². The van der Waals surface area contributed by atoms with E-state index in [0.29, 0.717) is 19.4 Å². The van der Waals surface area contributed by atoms with Gasteiger partial charge in [0.25, 0.3) is 0 Å². The molecular weight excluding hydrogens is 693 g/mol. The standard InChI is InChI=1S/C51H92O5/c1-4-7-10-13-16-19-22-25-28-31-34-37-40-43-46-54-47-49(56-51(53)45-42-39-36-33-30-27-24-21-18-15-12-9-6-3)48-55-50(52)44-41-38-35-32-29-26-23-20-17-14-11-8-5-2/h8,11,17,19-20,22,26,29,49H,4-7,9-10,12-16,18,21,23-25,27-28,30-48H2,1-3H3/b11-8-,20-17-,22-19-,29-26-. The van der Waals surface area contributed by atoms with Crippen molar-refractivity contribution in [2.75, 3.05) is 19.8 Å². The van der Waals surface area contributed by atoms with Crippen molar-refractivity contribution < 1.29 is 23.8 Å².